The standard InChI is InChI=1S/C18H16ClN3O2/c1-10-4-7-15(14(19)8-10)22-16-12-6-5-11(2)21-17(12)20-9-13(16)18(23)24-3/h4-9H,1-3H3,(H,20,21,22). The Morgan fingerprint density at radius 2 is 2.00 bits per heavy atom. The number of pyridine rings is 2. The van der Waals surface area contributed by atoms with E-state index in [4.69, 9.17) is 16.3 Å². The van der Waals surface area contributed by atoms with E-state index in [-0.39, 0.29) is 0 Å². The van der Waals surface area contributed by atoms with E-state index < -0.39 is 5.97 Å². The number of carbonyl (C=O) groups excluding carboxylic acids is 1. The summed E-state index contributed by atoms with van der Waals surface area (Å²) < 4.78 is 4.86. The first-order valence-corrected chi connectivity index (χ1v) is 7.75. The van der Waals surface area contributed by atoms with Crippen LogP contribution in [-0.2, 0) is 4.74 Å². The molecule has 0 spiro atoms. The lowest BCUT2D eigenvalue weighted by Gasteiger charge is -2.14. The second-order valence-electron chi connectivity index (χ2n) is 5.47. The number of nitrogens with zero attached hydrogens (tertiary/aromatic N) is 2. The van der Waals surface area contributed by atoms with Gasteiger partial charge in [0.05, 0.1) is 23.5 Å². The third-order valence-corrected chi connectivity index (χ3v) is 3.97. The van der Waals surface area contributed by atoms with Gasteiger partial charge in [0.25, 0.3) is 0 Å². The molecule has 0 atom stereocenters. The highest BCUT2D eigenvalue weighted by atomic mass is 35.5. The Balaban J connectivity index is 2.20. The van der Waals surface area contributed by atoms with Crippen molar-refractivity contribution >= 4 is 40.0 Å². The van der Waals surface area contributed by atoms with Crippen LogP contribution in [0.25, 0.3) is 11.0 Å². The number of esters is 1. The van der Waals surface area contributed by atoms with Crippen LogP contribution in [-0.4, -0.2) is 23.0 Å². The fourth-order valence-corrected chi connectivity index (χ4v) is 2.71. The normalized spacial score (nSPS) is 10.7. The topological polar surface area (TPSA) is 64.1 Å². The molecule has 2 heterocycles. The fourth-order valence-electron chi connectivity index (χ4n) is 2.43. The first-order valence-electron chi connectivity index (χ1n) is 7.37. The van der Waals surface area contributed by atoms with Gasteiger partial charge in [-0.15, -0.1) is 0 Å². The smallest absolute Gasteiger partial charge is 0.341 e. The third-order valence-electron chi connectivity index (χ3n) is 3.66. The van der Waals surface area contributed by atoms with Crippen molar-refractivity contribution in [3.63, 3.8) is 0 Å². The number of aryl methyl sites for hydroxylation is 2. The zero-order valence-corrected chi connectivity index (χ0v) is 14.3. The highest BCUT2D eigenvalue weighted by molar-refractivity contribution is 6.33. The molecule has 0 bridgehead atoms. The molecule has 2 aromatic heterocycles. The van der Waals surface area contributed by atoms with Gasteiger partial charge in [-0.2, -0.15) is 0 Å². The SMILES string of the molecule is COC(=O)c1cnc2nc(C)ccc2c1Nc1ccc(C)cc1Cl. The number of hydrogen-bond donors (Lipinski definition) is 1. The molecule has 6 heteroatoms. The summed E-state index contributed by atoms with van der Waals surface area (Å²) in [4.78, 5) is 20.8. The molecule has 0 amide bonds. The van der Waals surface area contributed by atoms with Crippen LogP contribution in [0.5, 0.6) is 0 Å². The average molecular weight is 342 g/mol. The Labute approximate surface area is 144 Å². The summed E-state index contributed by atoms with van der Waals surface area (Å²) >= 11 is 6.31. The molecule has 0 aliphatic carbocycles. The maximum absolute atomic E-state index is 12.1. The lowest BCUT2D eigenvalue weighted by molar-refractivity contribution is 0.0601. The number of rotatable bonds is 3. The largest absolute Gasteiger partial charge is 0.465 e. The number of benzene rings is 1. The first kappa shape index (κ1) is 16.2. The molecule has 0 aliphatic rings. The van der Waals surface area contributed by atoms with E-state index in [1.807, 2.05) is 44.2 Å². The Bertz CT molecular complexity index is 941. The van der Waals surface area contributed by atoms with E-state index in [2.05, 4.69) is 15.3 Å². The number of ether oxygens (including phenoxy) is 1. The van der Waals surface area contributed by atoms with Crippen LogP contribution < -0.4 is 5.32 Å². The molecule has 0 radical (unpaired) electrons. The lowest BCUT2D eigenvalue weighted by Crippen LogP contribution is -2.08. The molecule has 0 aliphatic heterocycles. The second-order valence-corrected chi connectivity index (χ2v) is 5.88. The van der Waals surface area contributed by atoms with Gasteiger partial charge in [-0.1, -0.05) is 17.7 Å². The quantitative estimate of drug-likeness (QED) is 0.714. The summed E-state index contributed by atoms with van der Waals surface area (Å²) in [6.07, 6.45) is 1.46. The third kappa shape index (κ3) is 3.03. The summed E-state index contributed by atoms with van der Waals surface area (Å²) in [6, 6.07) is 9.41. The molecule has 1 N–H and O–H groups in total. The predicted molar refractivity (Wildman–Crippen MR) is 95.1 cm³/mol. The van der Waals surface area contributed by atoms with Crippen molar-refractivity contribution in [3.8, 4) is 0 Å². The number of hydrogen-bond acceptors (Lipinski definition) is 5. The van der Waals surface area contributed by atoms with Gasteiger partial charge in [0.2, 0.25) is 0 Å². The molecule has 3 rings (SSSR count). The highest BCUT2D eigenvalue weighted by Gasteiger charge is 2.17. The van der Waals surface area contributed by atoms with Gasteiger partial charge in [0.15, 0.2) is 5.65 Å². The van der Waals surface area contributed by atoms with Crippen LogP contribution in [0.3, 0.4) is 0 Å². The van der Waals surface area contributed by atoms with Crippen molar-refractivity contribution in [2.75, 3.05) is 12.4 Å². The van der Waals surface area contributed by atoms with Crippen LogP contribution in [0.1, 0.15) is 21.6 Å². The minimum absolute atomic E-state index is 0.326. The number of halogens is 1. The number of carbonyl (C=O) groups is 1. The molecule has 1 aromatic carbocycles. The van der Waals surface area contributed by atoms with Crippen LogP contribution in [0.2, 0.25) is 5.02 Å². The molecular weight excluding hydrogens is 326 g/mol. The van der Waals surface area contributed by atoms with Gasteiger partial charge >= 0.3 is 5.97 Å². The van der Waals surface area contributed by atoms with E-state index in [0.717, 1.165) is 16.6 Å². The monoisotopic (exact) mass is 341 g/mol. The molecule has 3 aromatic rings. The van der Waals surface area contributed by atoms with Crippen LogP contribution in [0.4, 0.5) is 11.4 Å². The molecular formula is C18H16ClN3O2. The van der Waals surface area contributed by atoms with E-state index in [0.29, 0.717) is 27.6 Å². The van der Waals surface area contributed by atoms with Gasteiger partial charge in [-0.05, 0) is 43.7 Å². The van der Waals surface area contributed by atoms with Crippen molar-refractivity contribution in [2.24, 2.45) is 0 Å². The number of methoxy groups -OCH3 is 1. The van der Waals surface area contributed by atoms with Crippen LogP contribution in [0, 0.1) is 13.8 Å². The Hall–Kier alpha value is -2.66. The maximum atomic E-state index is 12.1. The lowest BCUT2D eigenvalue weighted by atomic mass is 10.1. The van der Waals surface area contributed by atoms with Crippen LogP contribution >= 0.6 is 11.6 Å². The van der Waals surface area contributed by atoms with Gasteiger partial charge < -0.3 is 10.1 Å². The minimum Gasteiger partial charge on any atom is -0.465 e. The predicted octanol–water partition coefficient (Wildman–Crippen LogP) is 4.43. The zero-order chi connectivity index (χ0) is 17.3. The van der Waals surface area contributed by atoms with E-state index in [1.165, 1.54) is 13.3 Å². The molecule has 0 saturated carbocycles. The minimum atomic E-state index is -0.476. The summed E-state index contributed by atoms with van der Waals surface area (Å²) in [5.74, 6) is -0.476. The summed E-state index contributed by atoms with van der Waals surface area (Å²) in [5.41, 5.74) is 4.04. The van der Waals surface area contributed by atoms with Crippen molar-refractivity contribution in [3.05, 3.63) is 58.4 Å². The molecule has 0 fully saturated rings. The van der Waals surface area contributed by atoms with Gasteiger partial charge in [0, 0.05) is 17.3 Å². The Kier molecular flexibility index (Phi) is 4.36. The van der Waals surface area contributed by atoms with Gasteiger partial charge in [-0.3, -0.25) is 0 Å². The summed E-state index contributed by atoms with van der Waals surface area (Å²) in [7, 11) is 1.34. The molecule has 5 nitrogen and oxygen atoms in total. The summed E-state index contributed by atoms with van der Waals surface area (Å²) in [6.45, 7) is 3.85. The fraction of sp³-hybridized carbons (Fsp3) is 0.167. The van der Waals surface area contributed by atoms with Crippen molar-refractivity contribution in [1.82, 2.24) is 9.97 Å². The molecule has 0 saturated heterocycles. The molecule has 0 unspecified atom stereocenters. The van der Waals surface area contributed by atoms with E-state index >= 15 is 0 Å². The molecule has 122 valence electrons. The second kappa shape index (κ2) is 6.45. The first-order chi connectivity index (χ1) is 11.5. The van der Waals surface area contributed by atoms with Crippen molar-refractivity contribution < 1.29 is 9.53 Å². The van der Waals surface area contributed by atoms with Crippen LogP contribution in [0.15, 0.2) is 36.5 Å². The van der Waals surface area contributed by atoms with Gasteiger partial charge in [0.1, 0.15) is 5.56 Å². The highest BCUT2D eigenvalue weighted by Crippen LogP contribution is 2.32. The Morgan fingerprint density at radius 3 is 2.71 bits per heavy atom. The maximum Gasteiger partial charge on any atom is 0.341 e. The number of anilines is 2. The van der Waals surface area contributed by atoms with E-state index in [1.54, 1.807) is 0 Å². The van der Waals surface area contributed by atoms with Crippen molar-refractivity contribution in [2.45, 2.75) is 13.8 Å². The van der Waals surface area contributed by atoms with Gasteiger partial charge in [-0.25, -0.2) is 14.8 Å². The number of nitrogens with one attached hydrogen (secondary N) is 1. The zero-order valence-electron chi connectivity index (χ0n) is 13.6. The Morgan fingerprint density at radius 1 is 1.21 bits per heavy atom. The average Bonchev–Trinajstić information content (AvgIpc) is 2.56. The van der Waals surface area contributed by atoms with E-state index in [9.17, 15) is 4.79 Å². The van der Waals surface area contributed by atoms with Crippen molar-refractivity contribution in [1.29, 1.82) is 0 Å². The number of fused-ring (bicyclic) bond motifs is 1. The number of aromatic nitrogens is 2. The molecule has 24 heavy (non-hydrogen) atoms. The summed E-state index contributed by atoms with van der Waals surface area (Å²) in [5, 5.41) is 4.52.